The summed E-state index contributed by atoms with van der Waals surface area (Å²) in [6, 6.07) is 3.09. The predicted octanol–water partition coefficient (Wildman–Crippen LogP) is 2.09. The number of pyridine rings is 1. The Morgan fingerprint density at radius 3 is 2.83 bits per heavy atom. The van der Waals surface area contributed by atoms with Gasteiger partial charge in [0.1, 0.15) is 0 Å². The fraction of sp³-hybridized carbons (Fsp3) is 0.222. The third kappa shape index (κ3) is 0.826. The van der Waals surface area contributed by atoms with Crippen LogP contribution in [-0.2, 0) is 0 Å². The molecule has 12 heavy (non-hydrogen) atoms. The second-order valence-corrected chi connectivity index (χ2v) is 2.83. The van der Waals surface area contributed by atoms with Gasteiger partial charge >= 0.3 is 0 Å². The van der Waals surface area contributed by atoms with Gasteiger partial charge in [-0.15, -0.1) is 0 Å². The highest BCUT2D eigenvalue weighted by Gasteiger charge is 2.06. The van der Waals surface area contributed by atoms with E-state index in [0.717, 1.165) is 11.4 Å². The van der Waals surface area contributed by atoms with Crippen molar-refractivity contribution in [1.82, 2.24) is 9.38 Å². The van der Waals surface area contributed by atoms with Crippen LogP contribution in [0.3, 0.4) is 0 Å². The molecule has 0 amide bonds. The van der Waals surface area contributed by atoms with Crippen molar-refractivity contribution in [2.24, 2.45) is 0 Å². The first-order valence-electron chi connectivity index (χ1n) is 3.80. The maximum absolute atomic E-state index is 13.1. The quantitative estimate of drug-likeness (QED) is 0.582. The number of halogens is 1. The van der Waals surface area contributed by atoms with Crippen LogP contribution in [0.4, 0.5) is 4.39 Å². The Hall–Kier alpha value is -1.38. The Kier molecular flexibility index (Phi) is 1.40. The van der Waals surface area contributed by atoms with E-state index in [2.05, 4.69) is 4.98 Å². The number of aromatic nitrogens is 2. The van der Waals surface area contributed by atoms with Crippen molar-refractivity contribution in [1.29, 1.82) is 0 Å². The number of hydrogen-bond donors (Lipinski definition) is 0. The van der Waals surface area contributed by atoms with Crippen LogP contribution in [0.25, 0.3) is 5.65 Å². The first kappa shape index (κ1) is 7.28. The molecular weight excluding hydrogens is 155 g/mol. The molecule has 2 aromatic heterocycles. The van der Waals surface area contributed by atoms with Crippen molar-refractivity contribution < 1.29 is 4.39 Å². The van der Waals surface area contributed by atoms with Gasteiger partial charge in [-0.25, -0.2) is 9.37 Å². The molecule has 0 N–H and O–H groups in total. The minimum absolute atomic E-state index is 0.270. The van der Waals surface area contributed by atoms with Gasteiger partial charge in [0.2, 0.25) is 0 Å². The maximum Gasteiger partial charge on any atom is 0.173 e. The predicted molar refractivity (Wildman–Crippen MR) is 44.6 cm³/mol. The Morgan fingerprint density at radius 1 is 1.42 bits per heavy atom. The van der Waals surface area contributed by atoms with Crippen molar-refractivity contribution in [3.63, 3.8) is 0 Å². The number of imidazole rings is 1. The van der Waals surface area contributed by atoms with E-state index >= 15 is 0 Å². The van der Waals surface area contributed by atoms with Gasteiger partial charge in [-0.2, -0.15) is 0 Å². The van der Waals surface area contributed by atoms with Gasteiger partial charge in [0.15, 0.2) is 11.5 Å². The smallest absolute Gasteiger partial charge is 0.173 e. The molecule has 3 heteroatoms. The van der Waals surface area contributed by atoms with Gasteiger partial charge < -0.3 is 4.40 Å². The first-order valence-corrected chi connectivity index (χ1v) is 3.80. The van der Waals surface area contributed by atoms with Gasteiger partial charge in [-0.1, -0.05) is 0 Å². The van der Waals surface area contributed by atoms with Crippen LogP contribution in [0.1, 0.15) is 11.4 Å². The zero-order valence-corrected chi connectivity index (χ0v) is 7.00. The average molecular weight is 164 g/mol. The Morgan fingerprint density at radius 2 is 2.17 bits per heavy atom. The normalized spacial score (nSPS) is 10.9. The monoisotopic (exact) mass is 164 g/mol. The van der Waals surface area contributed by atoms with Gasteiger partial charge in [0, 0.05) is 11.9 Å². The zero-order chi connectivity index (χ0) is 8.72. The molecule has 2 nitrogen and oxygen atoms in total. The van der Waals surface area contributed by atoms with Crippen molar-refractivity contribution in [3.05, 3.63) is 35.5 Å². The van der Waals surface area contributed by atoms with Gasteiger partial charge in [0.05, 0.1) is 5.69 Å². The van der Waals surface area contributed by atoms with Crippen LogP contribution in [-0.4, -0.2) is 9.38 Å². The molecule has 0 saturated heterocycles. The fourth-order valence-electron chi connectivity index (χ4n) is 1.27. The summed E-state index contributed by atoms with van der Waals surface area (Å²) in [7, 11) is 0. The first-order chi connectivity index (χ1) is 5.70. The molecule has 62 valence electrons. The molecule has 0 saturated carbocycles. The third-order valence-corrected chi connectivity index (χ3v) is 2.08. The van der Waals surface area contributed by atoms with Crippen molar-refractivity contribution >= 4 is 5.65 Å². The number of aryl methyl sites for hydroxylation is 2. The molecule has 0 aliphatic carbocycles. The highest BCUT2D eigenvalue weighted by molar-refractivity contribution is 5.43. The molecule has 0 aliphatic heterocycles. The molecular formula is C9H9FN2. The van der Waals surface area contributed by atoms with Gasteiger partial charge in [0.25, 0.3) is 0 Å². The summed E-state index contributed by atoms with van der Waals surface area (Å²) in [5, 5.41) is 0. The van der Waals surface area contributed by atoms with Crippen LogP contribution >= 0.6 is 0 Å². The molecule has 0 atom stereocenters. The Labute approximate surface area is 69.7 Å². The lowest BCUT2D eigenvalue weighted by molar-refractivity contribution is 0.629. The van der Waals surface area contributed by atoms with E-state index < -0.39 is 0 Å². The summed E-state index contributed by atoms with van der Waals surface area (Å²) in [5.74, 6) is -0.270. The minimum atomic E-state index is -0.270. The fourth-order valence-corrected chi connectivity index (χ4v) is 1.27. The summed E-state index contributed by atoms with van der Waals surface area (Å²) in [4.78, 5) is 4.10. The maximum atomic E-state index is 13.1. The third-order valence-electron chi connectivity index (χ3n) is 2.08. The lowest BCUT2D eigenvalue weighted by Gasteiger charge is -1.95. The van der Waals surface area contributed by atoms with E-state index in [1.54, 1.807) is 10.5 Å². The van der Waals surface area contributed by atoms with Crippen molar-refractivity contribution in [2.75, 3.05) is 0 Å². The van der Waals surface area contributed by atoms with E-state index in [9.17, 15) is 4.39 Å². The van der Waals surface area contributed by atoms with Crippen LogP contribution < -0.4 is 0 Å². The Bertz CT molecular complexity index is 431. The number of nitrogens with zero attached hydrogens (tertiary/aromatic N) is 2. The topological polar surface area (TPSA) is 17.3 Å². The highest BCUT2D eigenvalue weighted by atomic mass is 19.1. The number of hydrogen-bond acceptors (Lipinski definition) is 1. The molecule has 0 aliphatic rings. The van der Waals surface area contributed by atoms with E-state index in [1.165, 1.54) is 6.07 Å². The lowest BCUT2D eigenvalue weighted by Crippen LogP contribution is -1.88. The van der Waals surface area contributed by atoms with Crippen LogP contribution in [0.15, 0.2) is 18.3 Å². The zero-order valence-electron chi connectivity index (χ0n) is 7.00. The van der Waals surface area contributed by atoms with Crippen LogP contribution in [0.5, 0.6) is 0 Å². The lowest BCUT2D eigenvalue weighted by atomic mass is 10.4. The van der Waals surface area contributed by atoms with E-state index in [1.807, 2.05) is 20.0 Å². The van der Waals surface area contributed by atoms with Crippen molar-refractivity contribution in [3.8, 4) is 0 Å². The summed E-state index contributed by atoms with van der Waals surface area (Å²) in [6.07, 6.45) is 1.81. The van der Waals surface area contributed by atoms with Crippen LogP contribution in [0.2, 0.25) is 0 Å². The van der Waals surface area contributed by atoms with E-state index in [-0.39, 0.29) is 5.82 Å². The second-order valence-electron chi connectivity index (χ2n) is 2.83. The standard InChI is InChI=1S/C9H9FN2/c1-6-7(2)12-5-3-4-8(10)9(12)11-6/h3-5H,1-2H3. The summed E-state index contributed by atoms with van der Waals surface area (Å²) in [6.45, 7) is 3.80. The number of fused-ring (bicyclic) bond motifs is 1. The number of rotatable bonds is 0. The molecule has 2 aromatic rings. The van der Waals surface area contributed by atoms with E-state index in [4.69, 9.17) is 0 Å². The molecule has 0 unspecified atom stereocenters. The second kappa shape index (κ2) is 2.30. The molecule has 0 bridgehead atoms. The molecule has 0 fully saturated rings. The van der Waals surface area contributed by atoms with Crippen molar-refractivity contribution in [2.45, 2.75) is 13.8 Å². The highest BCUT2D eigenvalue weighted by Crippen LogP contribution is 2.12. The minimum Gasteiger partial charge on any atom is -0.302 e. The molecule has 0 radical (unpaired) electrons. The average Bonchev–Trinajstić information content (AvgIpc) is 2.32. The molecule has 2 rings (SSSR count). The summed E-state index contributed by atoms with van der Waals surface area (Å²) >= 11 is 0. The SMILES string of the molecule is Cc1nc2c(F)cccn2c1C. The summed E-state index contributed by atoms with van der Waals surface area (Å²) < 4.78 is 14.9. The summed E-state index contributed by atoms with van der Waals surface area (Å²) in [5.41, 5.74) is 2.28. The van der Waals surface area contributed by atoms with Gasteiger partial charge in [-0.3, -0.25) is 0 Å². The molecule has 2 heterocycles. The van der Waals surface area contributed by atoms with E-state index in [0.29, 0.717) is 5.65 Å². The Balaban J connectivity index is 2.95. The van der Waals surface area contributed by atoms with Crippen LogP contribution in [0, 0.1) is 19.7 Å². The molecule has 0 aromatic carbocycles. The largest absolute Gasteiger partial charge is 0.302 e. The van der Waals surface area contributed by atoms with Gasteiger partial charge in [-0.05, 0) is 26.0 Å². The molecule has 0 spiro atoms.